The second-order valence-corrected chi connectivity index (χ2v) is 11.2. The Bertz CT molecular complexity index is 852. The number of aliphatic hydroxyl groups is 4. The van der Waals surface area contributed by atoms with Gasteiger partial charge in [-0.15, -0.1) is 0 Å². The zero-order valence-electron chi connectivity index (χ0n) is 24.5. The van der Waals surface area contributed by atoms with Crippen molar-refractivity contribution in [2.75, 3.05) is 0 Å². The summed E-state index contributed by atoms with van der Waals surface area (Å²) in [6.45, 7) is 12.8. The van der Waals surface area contributed by atoms with Gasteiger partial charge < -0.3 is 25.2 Å². The Kier molecular flexibility index (Phi) is 15.7. The zero-order chi connectivity index (χ0) is 28.8. The van der Waals surface area contributed by atoms with E-state index in [0.717, 1.165) is 18.4 Å². The third-order valence-corrected chi connectivity index (χ3v) is 7.67. The molecule has 0 aromatic heterocycles. The van der Waals surface area contributed by atoms with Crippen molar-refractivity contribution in [3.05, 3.63) is 59.8 Å². The van der Waals surface area contributed by atoms with Crippen molar-refractivity contribution < 1.29 is 30.0 Å². The van der Waals surface area contributed by atoms with Crippen molar-refractivity contribution in [1.82, 2.24) is 0 Å². The summed E-state index contributed by atoms with van der Waals surface area (Å²) in [5.41, 5.74) is 1.37. The van der Waals surface area contributed by atoms with Gasteiger partial charge in [-0.05, 0) is 58.4 Å². The lowest BCUT2D eigenvalue weighted by Crippen LogP contribution is -2.38. The molecule has 0 fully saturated rings. The van der Waals surface area contributed by atoms with Crippen LogP contribution in [0.2, 0.25) is 0 Å². The predicted molar refractivity (Wildman–Crippen MR) is 154 cm³/mol. The fraction of sp³-hybridized carbons (Fsp3) is 0.656. The van der Waals surface area contributed by atoms with Crippen molar-refractivity contribution in [3.63, 3.8) is 0 Å². The van der Waals surface area contributed by atoms with Crippen LogP contribution in [0.5, 0.6) is 0 Å². The highest BCUT2D eigenvalue weighted by molar-refractivity contribution is 5.88. The summed E-state index contributed by atoms with van der Waals surface area (Å²) in [5, 5.41) is 41.4. The molecule has 216 valence electrons. The van der Waals surface area contributed by atoms with E-state index in [4.69, 9.17) is 4.74 Å². The molecule has 9 atom stereocenters. The molecule has 0 aromatic carbocycles. The van der Waals surface area contributed by atoms with Gasteiger partial charge in [-0.2, -0.15) is 0 Å². The molecular formula is C32H52O6. The highest BCUT2D eigenvalue weighted by Crippen LogP contribution is 2.26. The van der Waals surface area contributed by atoms with Crippen LogP contribution in [0.3, 0.4) is 0 Å². The number of cyclic esters (lactones) is 1. The van der Waals surface area contributed by atoms with Crippen molar-refractivity contribution in [3.8, 4) is 0 Å². The molecule has 4 N–H and O–H groups in total. The average molecular weight is 533 g/mol. The summed E-state index contributed by atoms with van der Waals surface area (Å²) in [6.07, 6.45) is 15.7. The number of hydrogen-bond acceptors (Lipinski definition) is 6. The number of ether oxygens (including phenoxy) is 1. The van der Waals surface area contributed by atoms with Gasteiger partial charge >= 0.3 is 5.97 Å². The van der Waals surface area contributed by atoms with E-state index in [0.29, 0.717) is 24.8 Å². The minimum atomic E-state index is -0.813. The lowest BCUT2D eigenvalue weighted by atomic mass is 9.84. The van der Waals surface area contributed by atoms with E-state index in [1.54, 1.807) is 33.8 Å². The molecule has 5 unspecified atom stereocenters. The van der Waals surface area contributed by atoms with Crippen molar-refractivity contribution in [2.24, 2.45) is 23.7 Å². The predicted octanol–water partition coefficient (Wildman–Crippen LogP) is 5.43. The molecule has 0 spiro atoms. The fourth-order valence-electron chi connectivity index (χ4n) is 4.53. The number of carbonyl (C=O) groups excluding carboxylic acids is 1. The van der Waals surface area contributed by atoms with E-state index < -0.39 is 24.4 Å². The Morgan fingerprint density at radius 3 is 2.24 bits per heavy atom. The van der Waals surface area contributed by atoms with Gasteiger partial charge in [-0.1, -0.05) is 75.8 Å². The second kappa shape index (κ2) is 17.6. The molecule has 0 aromatic rings. The smallest absolute Gasteiger partial charge is 0.334 e. The molecule has 1 rings (SSSR count). The molecule has 6 heteroatoms. The molecule has 0 bridgehead atoms. The summed E-state index contributed by atoms with van der Waals surface area (Å²) >= 11 is 0. The van der Waals surface area contributed by atoms with Crippen LogP contribution >= 0.6 is 0 Å². The lowest BCUT2D eigenvalue weighted by Gasteiger charge is -2.31. The quantitative estimate of drug-likeness (QED) is 0.245. The number of aliphatic hydroxyl groups excluding tert-OH is 4. The lowest BCUT2D eigenvalue weighted by molar-refractivity contribution is -0.146. The number of carbonyl (C=O) groups is 1. The van der Waals surface area contributed by atoms with Crippen LogP contribution in [-0.2, 0) is 9.53 Å². The Morgan fingerprint density at radius 1 is 0.947 bits per heavy atom. The highest BCUT2D eigenvalue weighted by atomic mass is 16.5. The van der Waals surface area contributed by atoms with Crippen LogP contribution in [0.1, 0.15) is 80.6 Å². The summed E-state index contributed by atoms with van der Waals surface area (Å²) < 4.78 is 5.94. The van der Waals surface area contributed by atoms with Crippen molar-refractivity contribution in [1.29, 1.82) is 0 Å². The van der Waals surface area contributed by atoms with Crippen LogP contribution < -0.4 is 0 Å². The first kappa shape index (κ1) is 34.0. The van der Waals surface area contributed by atoms with Crippen LogP contribution in [0, 0.1) is 23.7 Å². The van der Waals surface area contributed by atoms with Crippen LogP contribution in [0.25, 0.3) is 0 Å². The van der Waals surface area contributed by atoms with Crippen LogP contribution in [-0.4, -0.2) is 56.9 Å². The molecule has 6 nitrogen and oxygen atoms in total. The molecular weight excluding hydrogens is 480 g/mol. The van der Waals surface area contributed by atoms with Gasteiger partial charge in [-0.3, -0.25) is 0 Å². The molecule has 1 heterocycles. The van der Waals surface area contributed by atoms with E-state index in [-0.39, 0.29) is 35.7 Å². The van der Waals surface area contributed by atoms with Gasteiger partial charge in [0.15, 0.2) is 0 Å². The first-order chi connectivity index (χ1) is 17.8. The van der Waals surface area contributed by atoms with E-state index in [1.807, 2.05) is 57.2 Å². The maximum atomic E-state index is 13.0. The number of rotatable bonds is 8. The summed E-state index contributed by atoms with van der Waals surface area (Å²) in [5.74, 6) is -1.22. The van der Waals surface area contributed by atoms with Gasteiger partial charge in [0.1, 0.15) is 6.10 Å². The SMILES string of the molecule is CC1=C\[C@@H](C)[C@@H](O)/C=C/CC/C=C/C=C/C[C@@H]([C@@H](C)CCC(O)C(C)C(O)C(C)C(C)O)OC(=O)\C(C)=C\1. The Hall–Kier alpha value is -1.99. The number of hydrogen-bond donors (Lipinski definition) is 4. The van der Waals surface area contributed by atoms with Gasteiger partial charge in [-0.25, -0.2) is 4.79 Å². The minimum absolute atomic E-state index is 0.0175. The molecule has 0 aliphatic carbocycles. The molecule has 0 amide bonds. The zero-order valence-corrected chi connectivity index (χ0v) is 24.5. The van der Waals surface area contributed by atoms with Gasteiger partial charge in [0, 0.05) is 29.7 Å². The van der Waals surface area contributed by atoms with Crippen molar-refractivity contribution in [2.45, 2.75) is 111 Å². The van der Waals surface area contributed by atoms with E-state index in [2.05, 4.69) is 6.08 Å². The fourth-order valence-corrected chi connectivity index (χ4v) is 4.53. The maximum absolute atomic E-state index is 13.0. The molecule has 1 aliphatic rings. The van der Waals surface area contributed by atoms with Gasteiger partial charge in [0.25, 0.3) is 0 Å². The largest absolute Gasteiger partial charge is 0.458 e. The van der Waals surface area contributed by atoms with Crippen LogP contribution in [0.4, 0.5) is 0 Å². The third kappa shape index (κ3) is 12.2. The Morgan fingerprint density at radius 2 is 1.58 bits per heavy atom. The number of esters is 1. The van der Waals surface area contributed by atoms with E-state index >= 15 is 0 Å². The third-order valence-electron chi connectivity index (χ3n) is 7.67. The summed E-state index contributed by atoms with van der Waals surface area (Å²) in [7, 11) is 0. The van der Waals surface area contributed by atoms with Crippen molar-refractivity contribution >= 4 is 5.97 Å². The maximum Gasteiger partial charge on any atom is 0.334 e. The standard InChI is InChI=1S/C32H52O6/c1-21-19-23(3)28(34)15-13-11-9-8-10-12-14-16-30(38-32(37)24(4)20-21)22(2)17-18-29(35)26(6)31(36)25(5)27(7)33/h8,10,12-15,19-20,22-23,25-31,33-36H,9,11,16-18H2,1-7H3/b10-8+,14-12+,15-13+,21-19+,24-20+/t22-,23+,25?,26?,27?,28-,29?,30-,31?/m0/s1. The first-order valence-corrected chi connectivity index (χ1v) is 14.1. The normalized spacial score (nSPS) is 32.4. The summed E-state index contributed by atoms with van der Waals surface area (Å²) in [6, 6.07) is 0. The van der Waals surface area contributed by atoms with E-state index in [1.165, 1.54) is 0 Å². The Balaban J connectivity index is 3.01. The minimum Gasteiger partial charge on any atom is -0.458 e. The molecule has 0 saturated carbocycles. The van der Waals surface area contributed by atoms with Gasteiger partial charge in [0.2, 0.25) is 0 Å². The second-order valence-electron chi connectivity index (χ2n) is 11.2. The number of allylic oxidation sites excluding steroid dienone is 6. The Labute approximate surface area is 230 Å². The monoisotopic (exact) mass is 532 g/mol. The molecule has 1 aliphatic heterocycles. The molecule has 38 heavy (non-hydrogen) atoms. The highest BCUT2D eigenvalue weighted by Gasteiger charge is 2.30. The first-order valence-electron chi connectivity index (χ1n) is 14.1. The molecule has 0 radical (unpaired) electrons. The molecule has 0 saturated heterocycles. The topological polar surface area (TPSA) is 107 Å². The van der Waals surface area contributed by atoms with Gasteiger partial charge in [0.05, 0.1) is 24.4 Å². The van der Waals surface area contributed by atoms with E-state index in [9.17, 15) is 25.2 Å². The van der Waals surface area contributed by atoms with Crippen LogP contribution in [0.15, 0.2) is 59.8 Å². The average Bonchev–Trinajstić information content (AvgIpc) is 2.87. The summed E-state index contributed by atoms with van der Waals surface area (Å²) in [4.78, 5) is 13.0.